The number of amides is 2. The second-order valence-electron chi connectivity index (χ2n) is 5.09. The summed E-state index contributed by atoms with van der Waals surface area (Å²) in [5, 5.41) is 14.4. The van der Waals surface area contributed by atoms with E-state index in [1.807, 2.05) is 0 Å². The predicted molar refractivity (Wildman–Crippen MR) is 81.2 cm³/mol. The van der Waals surface area contributed by atoms with E-state index in [0.29, 0.717) is 17.1 Å². The average molecular weight is 320 g/mol. The summed E-state index contributed by atoms with van der Waals surface area (Å²) >= 11 is 0. The minimum absolute atomic E-state index is 0.176. The molecule has 0 aliphatic rings. The number of aliphatic hydroxyl groups excluding tert-OH is 1. The highest BCUT2D eigenvalue weighted by Gasteiger charge is 2.17. The van der Waals surface area contributed by atoms with E-state index in [9.17, 15) is 19.1 Å². The summed E-state index contributed by atoms with van der Waals surface area (Å²) in [6.45, 7) is 3.13. The minimum atomic E-state index is -1.06. The van der Waals surface area contributed by atoms with Crippen molar-refractivity contribution >= 4 is 17.5 Å². The number of carbonyl (C=O) groups excluding carboxylic acids is 2. The Labute approximate surface area is 132 Å². The molecule has 1 atom stereocenters. The summed E-state index contributed by atoms with van der Waals surface area (Å²) < 4.78 is 18.6. The second kappa shape index (κ2) is 7.06. The molecule has 2 amide bonds. The lowest BCUT2D eigenvalue weighted by molar-refractivity contribution is -0.136. The van der Waals surface area contributed by atoms with Crippen molar-refractivity contribution in [1.82, 2.24) is 5.32 Å². The van der Waals surface area contributed by atoms with Crippen LogP contribution in [0.3, 0.4) is 0 Å². The van der Waals surface area contributed by atoms with Crippen LogP contribution in [-0.4, -0.2) is 23.5 Å². The molecule has 0 saturated heterocycles. The minimum Gasteiger partial charge on any atom is -0.464 e. The highest BCUT2D eigenvalue weighted by Crippen LogP contribution is 2.15. The molecule has 1 heterocycles. The Balaban J connectivity index is 1.87. The van der Waals surface area contributed by atoms with Gasteiger partial charge in [0.15, 0.2) is 0 Å². The fourth-order valence-electron chi connectivity index (χ4n) is 1.86. The average Bonchev–Trinajstić information content (AvgIpc) is 2.94. The summed E-state index contributed by atoms with van der Waals surface area (Å²) in [6.07, 6.45) is -1.06. The standard InChI is InChI=1S/C16H17FN2O4/c1-9-3-5-11(7-12(9)17)19-16(22)15(21)18-8-13(20)14-6-4-10(2)23-14/h3-7,13,20H,8H2,1-2H3,(H,18,21)(H,19,22). The molecule has 0 aliphatic heterocycles. The molecule has 122 valence electrons. The third kappa shape index (κ3) is 4.40. The molecule has 0 aliphatic carbocycles. The van der Waals surface area contributed by atoms with Gasteiger partial charge in [0.1, 0.15) is 23.4 Å². The summed E-state index contributed by atoms with van der Waals surface area (Å²) in [5.74, 6) is -1.44. The molecular formula is C16H17FN2O4. The van der Waals surface area contributed by atoms with Crippen molar-refractivity contribution in [2.45, 2.75) is 20.0 Å². The van der Waals surface area contributed by atoms with Gasteiger partial charge >= 0.3 is 11.8 Å². The fraction of sp³-hybridized carbons (Fsp3) is 0.250. The number of rotatable bonds is 4. The first-order chi connectivity index (χ1) is 10.9. The number of hydrogen-bond donors (Lipinski definition) is 3. The van der Waals surface area contributed by atoms with Crippen LogP contribution in [-0.2, 0) is 9.59 Å². The van der Waals surface area contributed by atoms with Crippen LogP contribution in [0.5, 0.6) is 0 Å². The monoisotopic (exact) mass is 320 g/mol. The number of benzene rings is 1. The molecule has 0 fully saturated rings. The van der Waals surface area contributed by atoms with Gasteiger partial charge in [-0.15, -0.1) is 0 Å². The first-order valence-electron chi connectivity index (χ1n) is 6.96. The Morgan fingerprint density at radius 2 is 1.96 bits per heavy atom. The molecule has 3 N–H and O–H groups in total. The molecule has 2 aromatic rings. The third-order valence-corrected chi connectivity index (χ3v) is 3.18. The molecule has 7 heteroatoms. The number of aryl methyl sites for hydroxylation is 2. The van der Waals surface area contributed by atoms with Crippen molar-refractivity contribution in [2.24, 2.45) is 0 Å². The molecule has 0 saturated carbocycles. The van der Waals surface area contributed by atoms with Gasteiger partial charge in [-0.05, 0) is 43.7 Å². The Kier molecular flexibility index (Phi) is 5.13. The molecule has 0 radical (unpaired) electrons. The van der Waals surface area contributed by atoms with Gasteiger partial charge in [-0.25, -0.2) is 4.39 Å². The lowest BCUT2D eigenvalue weighted by atomic mass is 10.2. The molecule has 2 rings (SSSR count). The smallest absolute Gasteiger partial charge is 0.313 e. The van der Waals surface area contributed by atoms with E-state index in [-0.39, 0.29) is 12.2 Å². The topological polar surface area (TPSA) is 91.6 Å². The van der Waals surface area contributed by atoms with Gasteiger partial charge in [0, 0.05) is 5.69 Å². The van der Waals surface area contributed by atoms with Gasteiger partial charge in [0.2, 0.25) is 0 Å². The van der Waals surface area contributed by atoms with Crippen LogP contribution in [0.25, 0.3) is 0 Å². The zero-order valence-electron chi connectivity index (χ0n) is 12.7. The van der Waals surface area contributed by atoms with E-state index in [1.165, 1.54) is 12.1 Å². The van der Waals surface area contributed by atoms with Crippen molar-refractivity contribution in [3.8, 4) is 0 Å². The predicted octanol–water partition coefficient (Wildman–Crippen LogP) is 1.82. The van der Waals surface area contributed by atoms with Gasteiger partial charge in [0.25, 0.3) is 0 Å². The zero-order valence-corrected chi connectivity index (χ0v) is 12.7. The number of nitrogens with one attached hydrogen (secondary N) is 2. The Hall–Kier alpha value is -2.67. The maximum atomic E-state index is 13.4. The lowest BCUT2D eigenvalue weighted by Crippen LogP contribution is -2.37. The van der Waals surface area contributed by atoms with Crippen molar-refractivity contribution in [2.75, 3.05) is 11.9 Å². The SMILES string of the molecule is Cc1ccc(C(O)CNC(=O)C(=O)Nc2ccc(C)c(F)c2)o1. The van der Waals surface area contributed by atoms with Crippen LogP contribution in [0.2, 0.25) is 0 Å². The van der Waals surface area contributed by atoms with Gasteiger partial charge in [-0.3, -0.25) is 9.59 Å². The molecule has 1 aromatic carbocycles. The molecule has 0 spiro atoms. The summed E-state index contributed by atoms with van der Waals surface area (Å²) in [5.41, 5.74) is 0.611. The van der Waals surface area contributed by atoms with Gasteiger partial charge in [0.05, 0.1) is 6.54 Å². The lowest BCUT2D eigenvalue weighted by Gasteiger charge is -2.10. The van der Waals surface area contributed by atoms with E-state index in [0.717, 1.165) is 6.07 Å². The van der Waals surface area contributed by atoms with Gasteiger partial charge < -0.3 is 20.2 Å². The quantitative estimate of drug-likeness (QED) is 0.749. The van der Waals surface area contributed by atoms with Crippen LogP contribution in [0.15, 0.2) is 34.7 Å². The third-order valence-electron chi connectivity index (χ3n) is 3.18. The van der Waals surface area contributed by atoms with Crippen LogP contribution < -0.4 is 10.6 Å². The van der Waals surface area contributed by atoms with Gasteiger partial charge in [-0.2, -0.15) is 0 Å². The molecule has 1 aromatic heterocycles. The molecular weight excluding hydrogens is 303 g/mol. The Morgan fingerprint density at radius 1 is 1.22 bits per heavy atom. The summed E-state index contributed by atoms with van der Waals surface area (Å²) in [7, 11) is 0. The molecule has 6 nitrogen and oxygen atoms in total. The maximum Gasteiger partial charge on any atom is 0.313 e. The number of carbonyl (C=O) groups is 2. The van der Waals surface area contributed by atoms with Crippen LogP contribution in [0.1, 0.15) is 23.2 Å². The van der Waals surface area contributed by atoms with Crippen LogP contribution in [0, 0.1) is 19.7 Å². The highest BCUT2D eigenvalue weighted by molar-refractivity contribution is 6.39. The first-order valence-corrected chi connectivity index (χ1v) is 6.96. The summed E-state index contributed by atoms with van der Waals surface area (Å²) in [6, 6.07) is 7.37. The van der Waals surface area contributed by atoms with E-state index in [4.69, 9.17) is 4.42 Å². The molecule has 0 bridgehead atoms. The van der Waals surface area contributed by atoms with Crippen LogP contribution in [0.4, 0.5) is 10.1 Å². The van der Waals surface area contributed by atoms with Gasteiger partial charge in [-0.1, -0.05) is 6.07 Å². The Bertz CT molecular complexity index is 727. The number of aliphatic hydroxyl groups is 1. The second-order valence-corrected chi connectivity index (χ2v) is 5.09. The molecule has 23 heavy (non-hydrogen) atoms. The summed E-state index contributed by atoms with van der Waals surface area (Å²) in [4.78, 5) is 23.4. The van der Waals surface area contributed by atoms with E-state index in [2.05, 4.69) is 10.6 Å². The largest absolute Gasteiger partial charge is 0.464 e. The highest BCUT2D eigenvalue weighted by atomic mass is 19.1. The fourth-order valence-corrected chi connectivity index (χ4v) is 1.86. The van der Waals surface area contributed by atoms with E-state index in [1.54, 1.807) is 26.0 Å². The van der Waals surface area contributed by atoms with Crippen molar-refractivity contribution < 1.29 is 23.5 Å². The number of hydrogen-bond acceptors (Lipinski definition) is 4. The van der Waals surface area contributed by atoms with Crippen molar-refractivity contribution in [3.63, 3.8) is 0 Å². The van der Waals surface area contributed by atoms with E-state index < -0.39 is 23.7 Å². The van der Waals surface area contributed by atoms with Crippen LogP contribution >= 0.6 is 0 Å². The normalized spacial score (nSPS) is 11.8. The van der Waals surface area contributed by atoms with E-state index >= 15 is 0 Å². The van der Waals surface area contributed by atoms with Crippen molar-refractivity contribution in [1.29, 1.82) is 0 Å². The number of anilines is 1. The van der Waals surface area contributed by atoms with Crippen molar-refractivity contribution in [3.05, 3.63) is 53.2 Å². The zero-order chi connectivity index (χ0) is 17.0. The molecule has 1 unspecified atom stereocenters. The first kappa shape index (κ1) is 16.7. The Morgan fingerprint density at radius 3 is 2.57 bits per heavy atom. The maximum absolute atomic E-state index is 13.4. The number of halogens is 1. The number of furan rings is 1.